The van der Waals surface area contributed by atoms with Crippen LogP contribution in [0, 0.1) is 5.41 Å². The van der Waals surface area contributed by atoms with E-state index in [1.165, 1.54) is 17.9 Å². The topological polar surface area (TPSA) is 57.6 Å². The summed E-state index contributed by atoms with van der Waals surface area (Å²) < 4.78 is 0. The van der Waals surface area contributed by atoms with E-state index in [0.29, 0.717) is 13.0 Å². The molecule has 0 aromatic carbocycles. The van der Waals surface area contributed by atoms with Gasteiger partial charge in [-0.25, -0.2) is 0 Å². The Labute approximate surface area is 76.8 Å². The third-order valence-electron chi connectivity index (χ3n) is 2.56. The molecule has 1 atom stereocenters. The quantitative estimate of drug-likeness (QED) is 0.634. The Hall–Kier alpha value is -1.32. The van der Waals surface area contributed by atoms with Crippen molar-refractivity contribution in [3.8, 4) is 0 Å². The van der Waals surface area contributed by atoms with Gasteiger partial charge < -0.3 is 10.0 Å². The van der Waals surface area contributed by atoms with Crippen LogP contribution in [0.15, 0.2) is 12.7 Å². The van der Waals surface area contributed by atoms with Crippen LogP contribution in [0.3, 0.4) is 0 Å². The molecule has 1 aliphatic heterocycles. The molecule has 1 aliphatic rings. The number of aliphatic carboxylic acids is 1. The molecule has 1 amide bonds. The van der Waals surface area contributed by atoms with Gasteiger partial charge >= 0.3 is 5.97 Å². The summed E-state index contributed by atoms with van der Waals surface area (Å²) in [4.78, 5) is 23.4. The summed E-state index contributed by atoms with van der Waals surface area (Å²) in [7, 11) is 0. The van der Waals surface area contributed by atoms with Gasteiger partial charge in [0.2, 0.25) is 5.91 Å². The van der Waals surface area contributed by atoms with Gasteiger partial charge in [0.15, 0.2) is 0 Å². The Morgan fingerprint density at radius 1 is 1.62 bits per heavy atom. The molecule has 0 aliphatic carbocycles. The molecular weight excluding hydrogens is 170 g/mol. The first-order valence-corrected chi connectivity index (χ1v) is 4.14. The van der Waals surface area contributed by atoms with Crippen LogP contribution < -0.4 is 0 Å². The average molecular weight is 183 g/mol. The molecule has 0 aromatic rings. The molecule has 1 N–H and O–H groups in total. The Morgan fingerprint density at radius 2 is 2.23 bits per heavy atom. The zero-order valence-corrected chi connectivity index (χ0v) is 7.62. The molecule has 72 valence electrons. The van der Waals surface area contributed by atoms with Gasteiger partial charge in [-0.3, -0.25) is 9.59 Å². The molecule has 0 aromatic heterocycles. The zero-order chi connectivity index (χ0) is 10.1. The second-order valence-corrected chi connectivity index (χ2v) is 3.36. The van der Waals surface area contributed by atoms with Crippen LogP contribution in [-0.2, 0) is 9.59 Å². The maximum absolute atomic E-state index is 11.0. The van der Waals surface area contributed by atoms with Crippen molar-refractivity contribution in [3.05, 3.63) is 12.7 Å². The van der Waals surface area contributed by atoms with Crippen molar-refractivity contribution in [3.63, 3.8) is 0 Å². The summed E-state index contributed by atoms with van der Waals surface area (Å²) >= 11 is 0. The van der Waals surface area contributed by atoms with Gasteiger partial charge in [-0.2, -0.15) is 0 Å². The number of nitrogens with zero attached hydrogens (tertiary/aromatic N) is 1. The molecule has 1 fully saturated rings. The number of hydrogen-bond acceptors (Lipinski definition) is 2. The lowest BCUT2D eigenvalue weighted by Gasteiger charge is -2.19. The highest BCUT2D eigenvalue weighted by Crippen LogP contribution is 2.31. The Bertz CT molecular complexity index is 262. The van der Waals surface area contributed by atoms with E-state index in [1.54, 1.807) is 0 Å². The summed E-state index contributed by atoms with van der Waals surface area (Å²) in [5, 5.41) is 8.95. The minimum atomic E-state index is -0.925. The van der Waals surface area contributed by atoms with E-state index in [2.05, 4.69) is 6.58 Å². The number of amides is 1. The first-order chi connectivity index (χ1) is 6.02. The molecule has 0 bridgehead atoms. The molecule has 13 heavy (non-hydrogen) atoms. The molecule has 1 unspecified atom stereocenters. The fraction of sp³-hybridized carbons (Fsp3) is 0.556. The van der Waals surface area contributed by atoms with E-state index in [9.17, 15) is 9.59 Å². The Kier molecular flexibility index (Phi) is 2.40. The SMILES string of the molecule is C=CC1(C(=O)O)CCN(C(C)=O)C1. The van der Waals surface area contributed by atoms with E-state index < -0.39 is 11.4 Å². The van der Waals surface area contributed by atoms with Gasteiger partial charge in [-0.15, -0.1) is 6.58 Å². The van der Waals surface area contributed by atoms with Crippen molar-refractivity contribution in [2.24, 2.45) is 5.41 Å². The lowest BCUT2D eigenvalue weighted by atomic mass is 9.88. The smallest absolute Gasteiger partial charge is 0.315 e. The number of carbonyl (C=O) groups excluding carboxylic acids is 1. The van der Waals surface area contributed by atoms with E-state index in [1.807, 2.05) is 0 Å². The van der Waals surface area contributed by atoms with Gasteiger partial charge in [-0.1, -0.05) is 6.08 Å². The van der Waals surface area contributed by atoms with Crippen molar-refractivity contribution < 1.29 is 14.7 Å². The van der Waals surface area contributed by atoms with Crippen LogP contribution >= 0.6 is 0 Å². The molecule has 1 heterocycles. The lowest BCUT2D eigenvalue weighted by Crippen LogP contribution is -2.34. The molecule has 4 nitrogen and oxygen atoms in total. The first kappa shape index (κ1) is 9.77. The standard InChI is InChI=1S/C9H13NO3/c1-3-9(8(12)13)4-5-10(6-9)7(2)11/h3H,1,4-6H2,2H3,(H,12,13). The van der Waals surface area contributed by atoms with E-state index >= 15 is 0 Å². The summed E-state index contributed by atoms with van der Waals surface area (Å²) in [5.74, 6) is -0.976. The predicted molar refractivity (Wildman–Crippen MR) is 47.1 cm³/mol. The number of carbonyl (C=O) groups is 2. The molecular formula is C9H13NO3. The van der Waals surface area contributed by atoms with Crippen LogP contribution in [0.1, 0.15) is 13.3 Å². The summed E-state index contributed by atoms with van der Waals surface area (Å²) in [6.45, 7) is 5.72. The van der Waals surface area contributed by atoms with Gasteiger partial charge in [0.25, 0.3) is 0 Å². The van der Waals surface area contributed by atoms with Crippen LogP contribution in [0.25, 0.3) is 0 Å². The van der Waals surface area contributed by atoms with Gasteiger partial charge in [-0.05, 0) is 6.42 Å². The van der Waals surface area contributed by atoms with E-state index in [0.717, 1.165) is 0 Å². The number of carboxylic acids is 1. The largest absolute Gasteiger partial charge is 0.481 e. The van der Waals surface area contributed by atoms with Gasteiger partial charge in [0, 0.05) is 20.0 Å². The maximum atomic E-state index is 11.0. The Morgan fingerprint density at radius 3 is 2.46 bits per heavy atom. The minimum Gasteiger partial charge on any atom is -0.481 e. The highest BCUT2D eigenvalue weighted by Gasteiger charge is 2.42. The highest BCUT2D eigenvalue weighted by molar-refractivity contribution is 5.81. The molecule has 0 spiro atoms. The van der Waals surface area contributed by atoms with Crippen molar-refractivity contribution >= 4 is 11.9 Å². The minimum absolute atomic E-state index is 0.0787. The van der Waals surface area contributed by atoms with Crippen LogP contribution in [0.4, 0.5) is 0 Å². The third-order valence-corrected chi connectivity index (χ3v) is 2.56. The van der Waals surface area contributed by atoms with Crippen molar-refractivity contribution in [1.82, 2.24) is 4.90 Å². The second-order valence-electron chi connectivity index (χ2n) is 3.36. The molecule has 4 heteroatoms. The summed E-state index contributed by atoms with van der Waals surface area (Å²) in [5.41, 5.74) is -0.925. The molecule has 0 saturated carbocycles. The normalized spacial score (nSPS) is 27.3. The second kappa shape index (κ2) is 3.20. The van der Waals surface area contributed by atoms with Crippen molar-refractivity contribution in [1.29, 1.82) is 0 Å². The fourth-order valence-corrected chi connectivity index (χ4v) is 1.53. The Balaban J connectivity index is 2.80. The summed E-state index contributed by atoms with van der Waals surface area (Å²) in [6.07, 6.45) is 1.89. The monoisotopic (exact) mass is 183 g/mol. The zero-order valence-electron chi connectivity index (χ0n) is 7.62. The van der Waals surface area contributed by atoms with Crippen molar-refractivity contribution in [2.75, 3.05) is 13.1 Å². The number of likely N-dealkylation sites (tertiary alicyclic amines) is 1. The number of rotatable bonds is 2. The molecule has 0 radical (unpaired) electrons. The predicted octanol–water partition coefficient (Wildman–Crippen LogP) is 0.496. The lowest BCUT2D eigenvalue weighted by molar-refractivity contribution is -0.145. The number of hydrogen-bond donors (Lipinski definition) is 1. The van der Waals surface area contributed by atoms with E-state index in [4.69, 9.17) is 5.11 Å². The van der Waals surface area contributed by atoms with Crippen LogP contribution in [0.2, 0.25) is 0 Å². The third kappa shape index (κ3) is 1.56. The average Bonchev–Trinajstić information content (AvgIpc) is 2.49. The van der Waals surface area contributed by atoms with Crippen molar-refractivity contribution in [2.45, 2.75) is 13.3 Å². The maximum Gasteiger partial charge on any atom is 0.315 e. The van der Waals surface area contributed by atoms with E-state index in [-0.39, 0.29) is 12.5 Å². The molecule has 1 saturated heterocycles. The molecule has 1 rings (SSSR count). The number of carboxylic acid groups (broad SMARTS) is 1. The first-order valence-electron chi connectivity index (χ1n) is 4.14. The van der Waals surface area contributed by atoms with Gasteiger partial charge in [0.05, 0.1) is 0 Å². The summed E-state index contributed by atoms with van der Waals surface area (Å²) in [6, 6.07) is 0. The van der Waals surface area contributed by atoms with Crippen LogP contribution in [0.5, 0.6) is 0 Å². The van der Waals surface area contributed by atoms with Gasteiger partial charge in [0.1, 0.15) is 5.41 Å². The highest BCUT2D eigenvalue weighted by atomic mass is 16.4. The van der Waals surface area contributed by atoms with Crippen LogP contribution in [-0.4, -0.2) is 35.0 Å². The fourth-order valence-electron chi connectivity index (χ4n) is 1.53.